The van der Waals surface area contributed by atoms with Gasteiger partial charge in [0.25, 0.3) is 5.69 Å². The van der Waals surface area contributed by atoms with Crippen LogP contribution in [-0.2, 0) is 6.42 Å². The van der Waals surface area contributed by atoms with Gasteiger partial charge in [-0.05, 0) is 48.9 Å². The third kappa shape index (κ3) is 3.67. The standard InChI is InChI=1S/C17H17F2N3O2/c18-15-3-1-13(10-16(15)19)9-12-5-7-21(8-6-12)17-4-2-14(11-20-17)22(23)24/h1-4,10-12H,5-9H2. The third-order valence-corrected chi connectivity index (χ3v) is 4.39. The molecule has 0 bridgehead atoms. The zero-order valence-corrected chi connectivity index (χ0v) is 13.0. The van der Waals surface area contributed by atoms with Crippen molar-refractivity contribution in [3.05, 3.63) is 63.8 Å². The number of aromatic nitrogens is 1. The van der Waals surface area contributed by atoms with E-state index >= 15 is 0 Å². The molecule has 2 aromatic rings. The van der Waals surface area contributed by atoms with Crippen LogP contribution in [-0.4, -0.2) is 23.0 Å². The van der Waals surface area contributed by atoms with Gasteiger partial charge in [0.2, 0.25) is 0 Å². The SMILES string of the molecule is O=[N+]([O-])c1ccc(N2CCC(Cc3ccc(F)c(F)c3)CC2)nc1. The van der Waals surface area contributed by atoms with Crippen molar-refractivity contribution in [3.8, 4) is 0 Å². The van der Waals surface area contributed by atoms with Crippen LogP contribution in [0.15, 0.2) is 36.5 Å². The molecule has 1 aliphatic rings. The molecule has 1 aromatic heterocycles. The van der Waals surface area contributed by atoms with Gasteiger partial charge in [-0.3, -0.25) is 10.1 Å². The number of pyridine rings is 1. The van der Waals surface area contributed by atoms with Crippen LogP contribution in [0.25, 0.3) is 0 Å². The number of nitrogens with zero attached hydrogens (tertiary/aromatic N) is 3. The van der Waals surface area contributed by atoms with E-state index in [1.807, 2.05) is 0 Å². The average molecular weight is 333 g/mol. The maximum atomic E-state index is 13.3. The van der Waals surface area contributed by atoms with E-state index in [0.717, 1.165) is 43.7 Å². The quantitative estimate of drug-likeness (QED) is 0.632. The van der Waals surface area contributed by atoms with Crippen LogP contribution in [0.4, 0.5) is 20.3 Å². The molecule has 0 unspecified atom stereocenters. The van der Waals surface area contributed by atoms with E-state index < -0.39 is 16.6 Å². The first kappa shape index (κ1) is 16.3. The molecule has 0 N–H and O–H groups in total. The summed E-state index contributed by atoms with van der Waals surface area (Å²) in [6, 6.07) is 7.17. The summed E-state index contributed by atoms with van der Waals surface area (Å²) in [6.07, 6.45) is 3.82. The normalized spacial score (nSPS) is 15.5. The lowest BCUT2D eigenvalue weighted by Gasteiger charge is -2.32. The van der Waals surface area contributed by atoms with Gasteiger partial charge in [0, 0.05) is 19.2 Å². The second-order valence-electron chi connectivity index (χ2n) is 6.01. The number of hydrogen-bond acceptors (Lipinski definition) is 4. The summed E-state index contributed by atoms with van der Waals surface area (Å²) < 4.78 is 26.2. The van der Waals surface area contributed by atoms with Crippen molar-refractivity contribution in [2.45, 2.75) is 19.3 Å². The van der Waals surface area contributed by atoms with Crippen LogP contribution < -0.4 is 4.90 Å². The topological polar surface area (TPSA) is 59.3 Å². The molecular weight excluding hydrogens is 316 g/mol. The molecule has 0 aliphatic carbocycles. The number of benzene rings is 1. The molecule has 1 saturated heterocycles. The fourth-order valence-electron chi connectivity index (χ4n) is 3.04. The predicted molar refractivity (Wildman–Crippen MR) is 85.9 cm³/mol. The maximum absolute atomic E-state index is 13.3. The molecule has 126 valence electrons. The Hall–Kier alpha value is -2.57. The van der Waals surface area contributed by atoms with Gasteiger partial charge in [0.15, 0.2) is 11.6 Å². The fraction of sp³-hybridized carbons (Fsp3) is 0.353. The smallest absolute Gasteiger partial charge is 0.287 e. The van der Waals surface area contributed by atoms with Gasteiger partial charge in [-0.1, -0.05) is 6.07 Å². The van der Waals surface area contributed by atoms with E-state index in [2.05, 4.69) is 9.88 Å². The molecule has 1 aromatic carbocycles. The average Bonchev–Trinajstić information content (AvgIpc) is 2.59. The first-order valence-corrected chi connectivity index (χ1v) is 7.82. The number of piperidine rings is 1. The summed E-state index contributed by atoms with van der Waals surface area (Å²) >= 11 is 0. The Kier molecular flexibility index (Phi) is 4.69. The zero-order valence-electron chi connectivity index (χ0n) is 13.0. The molecule has 0 saturated carbocycles. The lowest BCUT2D eigenvalue weighted by Crippen LogP contribution is -2.34. The third-order valence-electron chi connectivity index (χ3n) is 4.39. The van der Waals surface area contributed by atoms with E-state index in [4.69, 9.17) is 0 Å². The van der Waals surface area contributed by atoms with Crippen molar-refractivity contribution < 1.29 is 13.7 Å². The number of rotatable bonds is 4. The van der Waals surface area contributed by atoms with Crippen LogP contribution >= 0.6 is 0 Å². The van der Waals surface area contributed by atoms with E-state index in [1.165, 1.54) is 24.4 Å². The molecule has 3 rings (SSSR count). The molecule has 0 radical (unpaired) electrons. The highest BCUT2D eigenvalue weighted by Crippen LogP contribution is 2.26. The van der Waals surface area contributed by atoms with Crippen molar-refractivity contribution in [2.24, 2.45) is 5.92 Å². The molecule has 7 heteroatoms. The van der Waals surface area contributed by atoms with Gasteiger partial charge in [0.1, 0.15) is 12.0 Å². The number of nitro groups is 1. The van der Waals surface area contributed by atoms with Crippen molar-refractivity contribution >= 4 is 11.5 Å². The van der Waals surface area contributed by atoms with E-state index in [1.54, 1.807) is 12.1 Å². The van der Waals surface area contributed by atoms with Gasteiger partial charge >= 0.3 is 0 Å². The van der Waals surface area contributed by atoms with Crippen molar-refractivity contribution in [1.82, 2.24) is 4.98 Å². The number of anilines is 1. The lowest BCUT2D eigenvalue weighted by molar-refractivity contribution is -0.385. The Labute approximate surface area is 138 Å². The second kappa shape index (κ2) is 6.90. The van der Waals surface area contributed by atoms with Crippen LogP contribution in [0, 0.1) is 27.7 Å². The summed E-state index contributed by atoms with van der Waals surface area (Å²) in [5.41, 5.74) is 0.785. The van der Waals surface area contributed by atoms with Crippen LogP contribution in [0.5, 0.6) is 0 Å². The van der Waals surface area contributed by atoms with Crippen LogP contribution in [0.2, 0.25) is 0 Å². The minimum atomic E-state index is -0.821. The van der Waals surface area contributed by atoms with Crippen molar-refractivity contribution in [1.29, 1.82) is 0 Å². The molecule has 5 nitrogen and oxygen atoms in total. The van der Waals surface area contributed by atoms with E-state index in [-0.39, 0.29) is 5.69 Å². The van der Waals surface area contributed by atoms with Crippen LogP contribution in [0.3, 0.4) is 0 Å². The Morgan fingerprint density at radius 1 is 1.17 bits per heavy atom. The molecule has 24 heavy (non-hydrogen) atoms. The summed E-state index contributed by atoms with van der Waals surface area (Å²) in [6.45, 7) is 1.58. The van der Waals surface area contributed by atoms with Gasteiger partial charge in [-0.15, -0.1) is 0 Å². The number of hydrogen-bond donors (Lipinski definition) is 0. The van der Waals surface area contributed by atoms with Gasteiger partial charge in [0.05, 0.1) is 4.92 Å². The highest BCUT2D eigenvalue weighted by atomic mass is 19.2. The first-order valence-electron chi connectivity index (χ1n) is 7.82. The largest absolute Gasteiger partial charge is 0.357 e. The lowest BCUT2D eigenvalue weighted by atomic mass is 9.90. The van der Waals surface area contributed by atoms with Gasteiger partial charge in [-0.25, -0.2) is 13.8 Å². The molecule has 0 atom stereocenters. The monoisotopic (exact) mass is 333 g/mol. The minimum Gasteiger partial charge on any atom is -0.357 e. The summed E-state index contributed by atoms with van der Waals surface area (Å²) in [4.78, 5) is 16.4. The summed E-state index contributed by atoms with van der Waals surface area (Å²) in [7, 11) is 0. The molecule has 1 fully saturated rings. The molecule has 2 heterocycles. The Morgan fingerprint density at radius 3 is 2.50 bits per heavy atom. The molecule has 0 amide bonds. The van der Waals surface area contributed by atoms with E-state index in [0.29, 0.717) is 5.92 Å². The Morgan fingerprint density at radius 2 is 1.92 bits per heavy atom. The minimum absolute atomic E-state index is 0.0213. The van der Waals surface area contributed by atoms with Crippen molar-refractivity contribution in [3.63, 3.8) is 0 Å². The predicted octanol–water partition coefficient (Wildman–Crippen LogP) is 3.73. The molecular formula is C17H17F2N3O2. The van der Waals surface area contributed by atoms with Gasteiger partial charge < -0.3 is 4.90 Å². The Bertz CT molecular complexity index is 729. The molecule has 0 spiro atoms. The summed E-state index contributed by atoms with van der Waals surface area (Å²) in [5, 5.41) is 10.7. The molecule has 1 aliphatic heterocycles. The summed E-state index contributed by atoms with van der Waals surface area (Å²) in [5.74, 6) is -0.492. The van der Waals surface area contributed by atoms with Gasteiger partial charge in [-0.2, -0.15) is 0 Å². The highest BCUT2D eigenvalue weighted by molar-refractivity contribution is 5.43. The highest BCUT2D eigenvalue weighted by Gasteiger charge is 2.21. The second-order valence-corrected chi connectivity index (χ2v) is 6.01. The zero-order chi connectivity index (χ0) is 17.1. The van der Waals surface area contributed by atoms with Crippen LogP contribution in [0.1, 0.15) is 18.4 Å². The maximum Gasteiger partial charge on any atom is 0.287 e. The Balaban J connectivity index is 1.57. The van der Waals surface area contributed by atoms with E-state index in [9.17, 15) is 18.9 Å². The number of halogens is 2. The van der Waals surface area contributed by atoms with Crippen molar-refractivity contribution in [2.75, 3.05) is 18.0 Å². The fourth-order valence-corrected chi connectivity index (χ4v) is 3.04. The first-order chi connectivity index (χ1) is 11.5.